The predicted molar refractivity (Wildman–Crippen MR) is 76.2 cm³/mol. The number of halogens is 1. The molecular weight excluding hydrogens is 271 g/mol. The fraction of sp³-hybridized carbons (Fsp3) is 0.0625. The maximum absolute atomic E-state index is 13.0. The van der Waals surface area contributed by atoms with Crippen molar-refractivity contribution in [3.63, 3.8) is 0 Å². The summed E-state index contributed by atoms with van der Waals surface area (Å²) < 4.78 is 14.1. The summed E-state index contributed by atoms with van der Waals surface area (Å²) in [5.41, 5.74) is 0.337. The zero-order valence-electron chi connectivity index (χ0n) is 11.2. The molecule has 0 N–H and O–H groups in total. The number of pyridine rings is 1. The fourth-order valence-corrected chi connectivity index (χ4v) is 1.96. The molecule has 2 rings (SSSR count). The summed E-state index contributed by atoms with van der Waals surface area (Å²) in [5, 5.41) is 9.33. The van der Waals surface area contributed by atoms with Gasteiger partial charge in [0.05, 0.1) is 11.3 Å². The molecule has 0 amide bonds. The van der Waals surface area contributed by atoms with Gasteiger partial charge >= 0.3 is 0 Å². The second-order valence-electron chi connectivity index (χ2n) is 4.43. The summed E-state index contributed by atoms with van der Waals surface area (Å²) in [6.45, 7) is 5.39. The Kier molecular flexibility index (Phi) is 3.81. The Hall–Kier alpha value is -3.00. The number of aromatic nitrogens is 1. The van der Waals surface area contributed by atoms with Crippen LogP contribution in [0.2, 0.25) is 0 Å². The first-order chi connectivity index (χ1) is 9.99. The third-order valence-electron chi connectivity index (χ3n) is 2.96. The maximum Gasteiger partial charge on any atom is 0.267 e. The van der Waals surface area contributed by atoms with E-state index in [1.54, 1.807) is 13.2 Å². The Morgan fingerprint density at radius 3 is 2.43 bits per heavy atom. The molecule has 1 aromatic carbocycles. The van der Waals surface area contributed by atoms with Crippen LogP contribution in [-0.2, 0) is 4.79 Å². The van der Waals surface area contributed by atoms with Crippen LogP contribution in [0.1, 0.15) is 23.7 Å². The first-order valence-electron chi connectivity index (χ1n) is 5.99. The van der Waals surface area contributed by atoms with E-state index >= 15 is 0 Å². The van der Waals surface area contributed by atoms with Gasteiger partial charge in [-0.15, -0.1) is 0 Å². The Bertz CT molecular complexity index is 827. The van der Waals surface area contributed by atoms with Gasteiger partial charge in [-0.2, -0.15) is 5.26 Å². The average molecular weight is 281 g/mol. The van der Waals surface area contributed by atoms with E-state index in [2.05, 4.69) is 6.58 Å². The van der Waals surface area contributed by atoms with Crippen LogP contribution in [0.4, 0.5) is 4.39 Å². The van der Waals surface area contributed by atoms with Gasteiger partial charge in [-0.3, -0.25) is 14.2 Å². The van der Waals surface area contributed by atoms with Gasteiger partial charge in [-0.1, -0.05) is 6.58 Å². The molecule has 0 atom stereocenters. The molecule has 21 heavy (non-hydrogen) atoms. The molecule has 0 fully saturated rings. The summed E-state index contributed by atoms with van der Waals surface area (Å²) in [6.07, 6.45) is 1.56. The van der Waals surface area contributed by atoms with Gasteiger partial charge in [0.15, 0.2) is 0 Å². The van der Waals surface area contributed by atoms with E-state index in [0.717, 1.165) is 4.57 Å². The van der Waals surface area contributed by atoms with Gasteiger partial charge in [0.1, 0.15) is 17.6 Å². The minimum atomic E-state index is -0.682. The molecule has 0 spiro atoms. The number of hydrogen-bond donors (Lipinski definition) is 0. The maximum atomic E-state index is 13.0. The molecule has 0 unspecified atom stereocenters. The van der Waals surface area contributed by atoms with Crippen molar-refractivity contribution in [2.75, 3.05) is 0 Å². The van der Waals surface area contributed by atoms with E-state index in [9.17, 15) is 19.2 Å². The molecule has 0 saturated heterocycles. The number of benzene rings is 1. The van der Waals surface area contributed by atoms with E-state index in [4.69, 9.17) is 0 Å². The monoisotopic (exact) mass is 281 g/mol. The molecule has 1 radical (unpaired) electrons. The lowest BCUT2D eigenvalue weighted by Gasteiger charge is -2.13. The predicted octanol–water partition coefficient (Wildman–Crippen LogP) is 2.34. The standard InChI is InChI=1S/C16H10FN2O2/c1-10(2)14-7-11(9-20)16(21)19(15(14)8-18)13-5-3-12(17)4-6-13/h3-7H,1H2,2H3. The smallest absolute Gasteiger partial charge is 0.267 e. The number of nitrogens with zero attached hydrogens (tertiary/aromatic N) is 2. The van der Waals surface area contributed by atoms with Crippen molar-refractivity contribution < 1.29 is 9.18 Å². The Balaban J connectivity index is 2.92. The highest BCUT2D eigenvalue weighted by Gasteiger charge is 2.16. The van der Waals surface area contributed by atoms with Crippen LogP contribution < -0.4 is 5.56 Å². The second kappa shape index (κ2) is 5.55. The summed E-state index contributed by atoms with van der Waals surface area (Å²) >= 11 is 0. The fourth-order valence-electron chi connectivity index (χ4n) is 1.96. The van der Waals surface area contributed by atoms with E-state index < -0.39 is 11.4 Å². The van der Waals surface area contributed by atoms with Crippen LogP contribution in [-0.4, -0.2) is 10.9 Å². The minimum absolute atomic E-state index is 0.0399. The van der Waals surface area contributed by atoms with Gasteiger partial charge in [0.2, 0.25) is 6.29 Å². The molecule has 1 heterocycles. The Morgan fingerprint density at radius 1 is 1.33 bits per heavy atom. The van der Waals surface area contributed by atoms with Crippen molar-refractivity contribution in [2.45, 2.75) is 6.92 Å². The van der Waals surface area contributed by atoms with Gasteiger partial charge < -0.3 is 0 Å². The van der Waals surface area contributed by atoms with E-state index in [0.29, 0.717) is 11.1 Å². The Morgan fingerprint density at radius 2 is 1.95 bits per heavy atom. The minimum Gasteiger partial charge on any atom is -0.285 e. The zero-order valence-corrected chi connectivity index (χ0v) is 11.2. The highest BCUT2D eigenvalue weighted by Crippen LogP contribution is 2.19. The molecule has 0 aliphatic carbocycles. The molecule has 0 aliphatic heterocycles. The van der Waals surface area contributed by atoms with Gasteiger partial charge in [0, 0.05) is 5.56 Å². The molecule has 103 valence electrons. The third kappa shape index (κ3) is 2.51. The lowest BCUT2D eigenvalue weighted by atomic mass is 10.0. The van der Waals surface area contributed by atoms with Crippen molar-refractivity contribution in [1.29, 1.82) is 5.26 Å². The zero-order chi connectivity index (χ0) is 15.6. The molecule has 0 saturated carbocycles. The number of rotatable bonds is 3. The molecule has 5 heteroatoms. The molecule has 4 nitrogen and oxygen atoms in total. The number of nitriles is 1. The first-order valence-corrected chi connectivity index (χ1v) is 5.99. The van der Waals surface area contributed by atoms with Crippen molar-refractivity contribution in [2.24, 2.45) is 0 Å². The molecule has 0 bridgehead atoms. The molecule has 1 aromatic heterocycles. The highest BCUT2D eigenvalue weighted by molar-refractivity contribution is 5.79. The van der Waals surface area contributed by atoms with Crippen LogP contribution >= 0.6 is 0 Å². The van der Waals surface area contributed by atoms with E-state index in [1.807, 2.05) is 6.07 Å². The molecule has 2 aromatic rings. The summed E-state index contributed by atoms with van der Waals surface area (Å²) in [7, 11) is 0. The number of hydrogen-bond acceptors (Lipinski definition) is 3. The summed E-state index contributed by atoms with van der Waals surface area (Å²) in [5.74, 6) is -0.469. The van der Waals surface area contributed by atoms with Crippen LogP contribution in [0.25, 0.3) is 11.3 Å². The van der Waals surface area contributed by atoms with Gasteiger partial charge in [-0.25, -0.2) is 4.39 Å². The molecule has 0 aliphatic rings. The van der Waals surface area contributed by atoms with Crippen molar-refractivity contribution in [3.05, 3.63) is 69.9 Å². The highest BCUT2D eigenvalue weighted by atomic mass is 19.1. The van der Waals surface area contributed by atoms with Crippen LogP contribution in [0.15, 0.2) is 41.7 Å². The first kappa shape index (κ1) is 14.4. The SMILES string of the molecule is C=C(C)c1cc([C]=O)c(=O)n(-c2ccc(F)cc2)c1C#N. The third-order valence-corrected chi connectivity index (χ3v) is 2.96. The normalized spacial score (nSPS) is 9.95. The lowest BCUT2D eigenvalue weighted by Crippen LogP contribution is -2.25. The second-order valence-corrected chi connectivity index (χ2v) is 4.43. The van der Waals surface area contributed by atoms with Gasteiger partial charge in [-0.05, 0) is 42.8 Å². The van der Waals surface area contributed by atoms with Crippen LogP contribution in [0, 0.1) is 17.1 Å². The van der Waals surface area contributed by atoms with Gasteiger partial charge in [0.25, 0.3) is 5.56 Å². The summed E-state index contributed by atoms with van der Waals surface area (Å²) in [6, 6.07) is 8.26. The van der Waals surface area contributed by atoms with Crippen molar-refractivity contribution in [3.8, 4) is 11.8 Å². The largest absolute Gasteiger partial charge is 0.285 e. The number of carbonyl (C=O) groups excluding carboxylic acids is 1. The van der Waals surface area contributed by atoms with E-state index in [-0.39, 0.29) is 16.9 Å². The van der Waals surface area contributed by atoms with Crippen molar-refractivity contribution >= 4 is 11.9 Å². The van der Waals surface area contributed by atoms with E-state index in [1.165, 1.54) is 30.3 Å². The quantitative estimate of drug-likeness (QED) is 0.867. The average Bonchev–Trinajstić information content (AvgIpc) is 2.47. The summed E-state index contributed by atoms with van der Waals surface area (Å²) in [4.78, 5) is 23.2. The lowest BCUT2D eigenvalue weighted by molar-refractivity contribution is 0.562. The topological polar surface area (TPSA) is 62.9 Å². The molecular formula is C16H10FN2O2. The van der Waals surface area contributed by atoms with Crippen molar-refractivity contribution in [1.82, 2.24) is 4.57 Å². The Labute approximate surface area is 120 Å². The van der Waals surface area contributed by atoms with Crippen LogP contribution in [0.3, 0.4) is 0 Å². The van der Waals surface area contributed by atoms with Crippen LogP contribution in [0.5, 0.6) is 0 Å². The number of allylic oxidation sites excluding steroid dienone is 1.